The van der Waals surface area contributed by atoms with Crippen molar-refractivity contribution in [3.05, 3.63) is 96.2 Å². The Morgan fingerprint density at radius 2 is 1.33 bits per heavy atom. The third-order valence-corrected chi connectivity index (χ3v) is 3.56. The van der Waals surface area contributed by atoms with Crippen LogP contribution in [0.25, 0.3) is 0 Å². The average Bonchev–Trinajstić information content (AvgIpc) is 2.75. The fourth-order valence-electron chi connectivity index (χ4n) is 2.52. The summed E-state index contributed by atoms with van der Waals surface area (Å²) in [6.45, 7) is 2.13. The van der Waals surface area contributed by atoms with E-state index < -0.39 is 0 Å². The molecule has 0 atom stereocenters. The van der Waals surface area contributed by atoms with E-state index in [4.69, 9.17) is 0 Å². The standard InChI is InChI=1S/C20H19N/c1-17-9-8-14-20(16-15-17)21(18-10-4-2-5-11-18)19-12-6-3-7-13-19/h2-13,15-16H,14H2,1H3. The maximum atomic E-state index is 2.32. The molecule has 1 nitrogen and oxygen atoms in total. The average molecular weight is 273 g/mol. The minimum atomic E-state index is 0.928. The van der Waals surface area contributed by atoms with E-state index in [2.05, 4.69) is 96.8 Å². The molecule has 0 fully saturated rings. The Morgan fingerprint density at radius 3 is 1.90 bits per heavy atom. The molecule has 1 heteroatoms. The van der Waals surface area contributed by atoms with Gasteiger partial charge in [-0.1, -0.05) is 60.2 Å². The van der Waals surface area contributed by atoms with E-state index in [0.29, 0.717) is 0 Å². The predicted molar refractivity (Wildman–Crippen MR) is 90.6 cm³/mol. The van der Waals surface area contributed by atoms with E-state index in [-0.39, 0.29) is 0 Å². The van der Waals surface area contributed by atoms with Crippen LogP contribution in [0.2, 0.25) is 0 Å². The van der Waals surface area contributed by atoms with Crippen LogP contribution in [0.15, 0.2) is 96.2 Å². The van der Waals surface area contributed by atoms with Crippen LogP contribution in [-0.2, 0) is 0 Å². The van der Waals surface area contributed by atoms with Gasteiger partial charge >= 0.3 is 0 Å². The second kappa shape index (κ2) is 6.27. The SMILES string of the molecule is CC1=CC=C(N(c2ccccc2)c2ccccc2)CC=C1. The lowest BCUT2D eigenvalue weighted by Crippen LogP contribution is -2.15. The number of para-hydroxylation sites is 2. The highest BCUT2D eigenvalue weighted by Gasteiger charge is 2.13. The monoisotopic (exact) mass is 273 g/mol. The van der Waals surface area contributed by atoms with Crippen molar-refractivity contribution >= 4 is 11.4 Å². The number of nitrogens with zero attached hydrogens (tertiary/aromatic N) is 1. The van der Waals surface area contributed by atoms with Crippen LogP contribution >= 0.6 is 0 Å². The van der Waals surface area contributed by atoms with Crippen LogP contribution in [0.5, 0.6) is 0 Å². The van der Waals surface area contributed by atoms with Gasteiger partial charge in [0.1, 0.15) is 0 Å². The second-order valence-corrected chi connectivity index (χ2v) is 5.18. The number of anilines is 2. The minimum absolute atomic E-state index is 0.928. The van der Waals surface area contributed by atoms with Gasteiger partial charge in [-0.3, -0.25) is 0 Å². The highest BCUT2D eigenvalue weighted by Crippen LogP contribution is 2.31. The van der Waals surface area contributed by atoms with E-state index >= 15 is 0 Å². The summed E-state index contributed by atoms with van der Waals surface area (Å²) in [6.07, 6.45) is 9.73. The maximum Gasteiger partial charge on any atom is 0.0458 e. The molecular formula is C20H19N. The first-order valence-electron chi connectivity index (χ1n) is 7.29. The van der Waals surface area contributed by atoms with Crippen LogP contribution in [0.1, 0.15) is 13.3 Å². The summed E-state index contributed by atoms with van der Waals surface area (Å²) in [4.78, 5) is 2.32. The van der Waals surface area contributed by atoms with Crippen molar-refractivity contribution in [2.45, 2.75) is 13.3 Å². The third kappa shape index (κ3) is 3.14. The van der Waals surface area contributed by atoms with E-state index in [1.165, 1.54) is 22.6 Å². The maximum absolute atomic E-state index is 2.32. The Hall–Kier alpha value is -2.54. The first-order valence-corrected chi connectivity index (χ1v) is 7.29. The van der Waals surface area contributed by atoms with E-state index in [1.807, 2.05) is 0 Å². The highest BCUT2D eigenvalue weighted by molar-refractivity contribution is 5.68. The molecule has 3 rings (SSSR count). The molecule has 1 aliphatic carbocycles. The molecule has 21 heavy (non-hydrogen) atoms. The smallest absolute Gasteiger partial charge is 0.0458 e. The number of allylic oxidation sites excluding steroid dienone is 5. The summed E-state index contributed by atoms with van der Waals surface area (Å²) in [7, 11) is 0. The van der Waals surface area contributed by atoms with Gasteiger partial charge < -0.3 is 4.90 Å². The molecule has 0 heterocycles. The number of hydrogen-bond donors (Lipinski definition) is 0. The summed E-state index contributed by atoms with van der Waals surface area (Å²) in [6, 6.07) is 21.0. The molecule has 2 aromatic carbocycles. The van der Waals surface area contributed by atoms with Gasteiger partial charge in [0, 0.05) is 23.5 Å². The van der Waals surface area contributed by atoms with Gasteiger partial charge in [-0.15, -0.1) is 0 Å². The largest absolute Gasteiger partial charge is 0.314 e. The lowest BCUT2D eigenvalue weighted by Gasteiger charge is -2.27. The van der Waals surface area contributed by atoms with E-state index in [1.54, 1.807) is 0 Å². The van der Waals surface area contributed by atoms with Gasteiger partial charge in [0.05, 0.1) is 0 Å². The van der Waals surface area contributed by atoms with Crippen LogP contribution < -0.4 is 4.90 Å². The Morgan fingerprint density at radius 1 is 0.762 bits per heavy atom. The van der Waals surface area contributed by atoms with Crippen molar-refractivity contribution in [2.75, 3.05) is 4.90 Å². The van der Waals surface area contributed by atoms with Gasteiger partial charge in [0.25, 0.3) is 0 Å². The molecule has 0 unspecified atom stereocenters. The molecule has 104 valence electrons. The molecule has 0 saturated heterocycles. The molecule has 0 radical (unpaired) electrons. The summed E-state index contributed by atoms with van der Waals surface area (Å²) < 4.78 is 0. The van der Waals surface area contributed by atoms with Crippen LogP contribution in [0.3, 0.4) is 0 Å². The van der Waals surface area contributed by atoms with Crippen molar-refractivity contribution in [1.29, 1.82) is 0 Å². The fraction of sp³-hybridized carbons (Fsp3) is 0.100. The number of rotatable bonds is 3. The van der Waals surface area contributed by atoms with Gasteiger partial charge in [-0.05, 0) is 37.3 Å². The summed E-state index contributed by atoms with van der Waals surface area (Å²) in [5, 5.41) is 0. The Bertz CT molecular complexity index is 639. The first kappa shape index (κ1) is 13.4. The molecule has 0 spiro atoms. The number of hydrogen-bond acceptors (Lipinski definition) is 1. The second-order valence-electron chi connectivity index (χ2n) is 5.18. The Kier molecular flexibility index (Phi) is 4.02. The first-order chi connectivity index (χ1) is 10.3. The topological polar surface area (TPSA) is 3.24 Å². The molecule has 0 aromatic heterocycles. The van der Waals surface area contributed by atoms with Crippen molar-refractivity contribution in [3.63, 3.8) is 0 Å². The van der Waals surface area contributed by atoms with Gasteiger partial charge in [0.15, 0.2) is 0 Å². The molecule has 2 aromatic rings. The Labute approximate surface area is 126 Å². The lowest BCUT2D eigenvalue weighted by molar-refractivity contribution is 1.08. The molecule has 0 amide bonds. The predicted octanol–water partition coefficient (Wildman–Crippen LogP) is 5.61. The third-order valence-electron chi connectivity index (χ3n) is 3.56. The summed E-state index contributed by atoms with van der Waals surface area (Å²) >= 11 is 0. The molecule has 1 aliphatic rings. The zero-order valence-corrected chi connectivity index (χ0v) is 12.2. The van der Waals surface area contributed by atoms with Gasteiger partial charge in [0.2, 0.25) is 0 Å². The lowest BCUT2D eigenvalue weighted by atomic mass is 10.1. The molecular weight excluding hydrogens is 254 g/mol. The van der Waals surface area contributed by atoms with E-state index in [9.17, 15) is 0 Å². The van der Waals surface area contributed by atoms with Crippen molar-refractivity contribution < 1.29 is 0 Å². The van der Waals surface area contributed by atoms with Crippen molar-refractivity contribution in [3.8, 4) is 0 Å². The number of benzene rings is 2. The van der Waals surface area contributed by atoms with Crippen LogP contribution in [0.4, 0.5) is 11.4 Å². The summed E-state index contributed by atoms with van der Waals surface area (Å²) in [5.41, 5.74) is 4.94. The van der Waals surface area contributed by atoms with E-state index in [0.717, 1.165) is 6.42 Å². The summed E-state index contributed by atoms with van der Waals surface area (Å²) in [5.74, 6) is 0. The highest BCUT2D eigenvalue weighted by atomic mass is 15.1. The van der Waals surface area contributed by atoms with Crippen LogP contribution in [-0.4, -0.2) is 0 Å². The van der Waals surface area contributed by atoms with Gasteiger partial charge in [-0.25, -0.2) is 0 Å². The zero-order chi connectivity index (χ0) is 14.5. The van der Waals surface area contributed by atoms with Crippen molar-refractivity contribution in [2.24, 2.45) is 0 Å². The Balaban J connectivity index is 2.07. The quantitative estimate of drug-likeness (QED) is 0.702. The fourth-order valence-corrected chi connectivity index (χ4v) is 2.52. The van der Waals surface area contributed by atoms with Gasteiger partial charge in [-0.2, -0.15) is 0 Å². The minimum Gasteiger partial charge on any atom is -0.314 e. The normalized spacial score (nSPS) is 14.1. The van der Waals surface area contributed by atoms with Crippen LogP contribution in [0, 0.1) is 0 Å². The molecule has 0 bridgehead atoms. The molecule has 0 saturated carbocycles. The zero-order valence-electron chi connectivity index (χ0n) is 12.2. The molecule has 0 N–H and O–H groups in total. The van der Waals surface area contributed by atoms with Crippen molar-refractivity contribution in [1.82, 2.24) is 0 Å². The molecule has 0 aliphatic heterocycles.